The minimum atomic E-state index is -4.07. The third-order valence-electron chi connectivity index (χ3n) is 4.24. The van der Waals surface area contributed by atoms with Crippen molar-refractivity contribution in [2.45, 2.75) is 4.90 Å². The van der Waals surface area contributed by atoms with Crippen molar-refractivity contribution in [3.05, 3.63) is 89.7 Å². The van der Waals surface area contributed by atoms with Crippen molar-refractivity contribution in [2.75, 3.05) is 18.4 Å². The van der Waals surface area contributed by atoms with Crippen LogP contribution in [-0.4, -0.2) is 33.9 Å². The highest BCUT2D eigenvalue weighted by Gasteiger charge is 2.20. The summed E-state index contributed by atoms with van der Waals surface area (Å²) in [6.07, 6.45) is 0. The lowest BCUT2D eigenvalue weighted by molar-refractivity contribution is 0.0476. The van der Waals surface area contributed by atoms with Crippen LogP contribution >= 0.6 is 0 Å². The molecule has 7 nitrogen and oxygen atoms in total. The van der Waals surface area contributed by atoms with Gasteiger partial charge in [-0.3, -0.25) is 9.52 Å². The van der Waals surface area contributed by atoms with Crippen molar-refractivity contribution >= 4 is 27.5 Å². The van der Waals surface area contributed by atoms with E-state index in [0.29, 0.717) is 11.3 Å². The van der Waals surface area contributed by atoms with Crippen LogP contribution in [0.3, 0.4) is 0 Å². The van der Waals surface area contributed by atoms with Gasteiger partial charge in [0.25, 0.3) is 10.0 Å². The van der Waals surface area contributed by atoms with Crippen LogP contribution in [-0.2, 0) is 14.8 Å². The van der Waals surface area contributed by atoms with Gasteiger partial charge in [0.05, 0.1) is 23.3 Å². The summed E-state index contributed by atoms with van der Waals surface area (Å²) in [5, 5.41) is 0. The minimum absolute atomic E-state index is 0.0364. The van der Waals surface area contributed by atoms with Crippen molar-refractivity contribution < 1.29 is 31.9 Å². The molecule has 0 spiro atoms. The number of carbonyl (C=O) groups is 2. The number of carbonyl (C=O) groups excluding carboxylic acids is 2. The lowest BCUT2D eigenvalue weighted by Crippen LogP contribution is -2.18. The second-order valence-electron chi connectivity index (χ2n) is 6.34. The molecule has 0 saturated heterocycles. The molecule has 0 fully saturated rings. The monoisotopic (exact) mass is 443 g/mol. The maximum Gasteiger partial charge on any atom is 0.340 e. The number of anilines is 1. The molecule has 0 aliphatic heterocycles. The van der Waals surface area contributed by atoms with Gasteiger partial charge in [-0.15, -0.1) is 0 Å². The predicted octanol–water partition coefficient (Wildman–Crippen LogP) is 3.67. The number of nitrogens with one attached hydrogen (secondary N) is 1. The standard InChI is InChI=1S/C22H18FNO6S/c1-29-17-6-4-5-15(13-17)21(25)14-30-22(26)19-7-2-3-8-20(19)24-31(27,28)18-11-9-16(23)10-12-18/h2-13,24H,14H2,1H3. The Kier molecular flexibility index (Phi) is 6.66. The number of ether oxygens (including phenoxy) is 2. The molecule has 0 amide bonds. The molecule has 3 aromatic rings. The number of hydrogen-bond donors (Lipinski definition) is 1. The summed E-state index contributed by atoms with van der Waals surface area (Å²) < 4.78 is 50.6. The Bertz CT molecular complexity index is 1210. The van der Waals surface area contributed by atoms with Crippen molar-refractivity contribution in [3.63, 3.8) is 0 Å². The second-order valence-corrected chi connectivity index (χ2v) is 8.02. The van der Waals surface area contributed by atoms with E-state index >= 15 is 0 Å². The number of halogens is 1. The molecule has 1 N–H and O–H groups in total. The first-order valence-corrected chi connectivity index (χ1v) is 10.5. The van der Waals surface area contributed by atoms with Gasteiger partial charge in [-0.05, 0) is 48.5 Å². The zero-order chi connectivity index (χ0) is 22.4. The number of para-hydroxylation sites is 1. The van der Waals surface area contributed by atoms with E-state index in [9.17, 15) is 22.4 Å². The number of benzene rings is 3. The van der Waals surface area contributed by atoms with Crippen LogP contribution in [0.2, 0.25) is 0 Å². The van der Waals surface area contributed by atoms with Gasteiger partial charge in [-0.1, -0.05) is 24.3 Å². The second kappa shape index (κ2) is 9.40. The molecular formula is C22H18FNO6S. The maximum atomic E-state index is 13.1. The molecule has 0 bridgehead atoms. The van der Waals surface area contributed by atoms with E-state index in [0.717, 1.165) is 24.3 Å². The Balaban J connectivity index is 1.74. The van der Waals surface area contributed by atoms with E-state index in [1.165, 1.54) is 37.4 Å². The van der Waals surface area contributed by atoms with E-state index in [1.54, 1.807) is 18.2 Å². The Labute approximate surface area is 178 Å². The number of esters is 1. The lowest BCUT2D eigenvalue weighted by atomic mass is 10.1. The van der Waals surface area contributed by atoms with Crippen LogP contribution < -0.4 is 9.46 Å². The van der Waals surface area contributed by atoms with Crippen LogP contribution in [0.5, 0.6) is 5.75 Å². The third-order valence-corrected chi connectivity index (χ3v) is 5.62. The molecule has 0 radical (unpaired) electrons. The van der Waals surface area contributed by atoms with Gasteiger partial charge < -0.3 is 9.47 Å². The summed E-state index contributed by atoms with van der Waals surface area (Å²) in [5.74, 6) is -1.42. The molecule has 0 atom stereocenters. The van der Waals surface area contributed by atoms with Gasteiger partial charge in [-0.25, -0.2) is 17.6 Å². The predicted molar refractivity (Wildman–Crippen MR) is 111 cm³/mol. The van der Waals surface area contributed by atoms with Crippen molar-refractivity contribution in [3.8, 4) is 5.75 Å². The zero-order valence-corrected chi connectivity index (χ0v) is 17.2. The third kappa shape index (κ3) is 5.46. The largest absolute Gasteiger partial charge is 0.497 e. The number of methoxy groups -OCH3 is 1. The van der Waals surface area contributed by atoms with E-state index in [1.807, 2.05) is 0 Å². The Hall–Kier alpha value is -3.72. The highest BCUT2D eigenvalue weighted by molar-refractivity contribution is 7.92. The molecule has 0 aliphatic carbocycles. The van der Waals surface area contributed by atoms with Crippen LogP contribution in [0.25, 0.3) is 0 Å². The van der Waals surface area contributed by atoms with Gasteiger partial charge in [-0.2, -0.15) is 0 Å². The minimum Gasteiger partial charge on any atom is -0.497 e. The molecule has 0 aliphatic rings. The number of sulfonamides is 1. The summed E-state index contributed by atoms with van der Waals surface area (Å²) in [6.45, 7) is -0.537. The van der Waals surface area contributed by atoms with E-state index < -0.39 is 34.2 Å². The fraction of sp³-hybridized carbons (Fsp3) is 0.0909. The average Bonchev–Trinajstić information content (AvgIpc) is 2.77. The molecule has 0 unspecified atom stereocenters. The summed E-state index contributed by atoms with van der Waals surface area (Å²) in [4.78, 5) is 24.6. The molecule has 3 aromatic carbocycles. The number of Topliss-reactive ketones (excluding diaryl/α,β-unsaturated/α-hetero) is 1. The molecule has 31 heavy (non-hydrogen) atoms. The average molecular weight is 443 g/mol. The van der Waals surface area contributed by atoms with Crippen molar-refractivity contribution in [2.24, 2.45) is 0 Å². The first-order chi connectivity index (χ1) is 14.8. The number of ketones is 1. The zero-order valence-electron chi connectivity index (χ0n) is 16.4. The summed E-state index contributed by atoms with van der Waals surface area (Å²) in [6, 6.07) is 16.4. The SMILES string of the molecule is COc1cccc(C(=O)COC(=O)c2ccccc2NS(=O)(=O)c2ccc(F)cc2)c1. The van der Waals surface area contributed by atoms with Crippen molar-refractivity contribution in [1.29, 1.82) is 0 Å². The number of rotatable bonds is 8. The molecule has 9 heteroatoms. The van der Waals surface area contributed by atoms with Crippen LogP contribution in [0.15, 0.2) is 77.7 Å². The highest BCUT2D eigenvalue weighted by Crippen LogP contribution is 2.21. The summed E-state index contributed by atoms with van der Waals surface area (Å²) >= 11 is 0. The molecule has 160 valence electrons. The molecule has 0 aromatic heterocycles. The fourth-order valence-electron chi connectivity index (χ4n) is 2.66. The quantitative estimate of drug-likeness (QED) is 0.421. The van der Waals surface area contributed by atoms with Gasteiger partial charge in [0, 0.05) is 5.56 Å². The first kappa shape index (κ1) is 22.0. The molecule has 3 rings (SSSR count). The van der Waals surface area contributed by atoms with Crippen molar-refractivity contribution in [1.82, 2.24) is 0 Å². The van der Waals surface area contributed by atoms with E-state index in [4.69, 9.17) is 9.47 Å². The smallest absolute Gasteiger partial charge is 0.340 e. The summed E-state index contributed by atoms with van der Waals surface area (Å²) in [7, 11) is -2.61. The van der Waals surface area contributed by atoms with Gasteiger partial charge in [0.2, 0.25) is 0 Å². The van der Waals surface area contributed by atoms with Gasteiger partial charge >= 0.3 is 5.97 Å². The van der Waals surface area contributed by atoms with E-state index in [-0.39, 0.29) is 16.1 Å². The Morgan fingerprint density at radius 1 is 0.968 bits per heavy atom. The van der Waals surface area contributed by atoms with Crippen LogP contribution in [0.1, 0.15) is 20.7 Å². The lowest BCUT2D eigenvalue weighted by Gasteiger charge is -2.12. The number of hydrogen-bond acceptors (Lipinski definition) is 6. The van der Waals surface area contributed by atoms with Gasteiger partial charge in [0.1, 0.15) is 11.6 Å². The normalized spacial score (nSPS) is 10.9. The Morgan fingerprint density at radius 3 is 2.39 bits per heavy atom. The van der Waals surface area contributed by atoms with Gasteiger partial charge in [0.15, 0.2) is 12.4 Å². The first-order valence-electron chi connectivity index (χ1n) is 9.02. The maximum absolute atomic E-state index is 13.1. The Morgan fingerprint density at radius 2 is 1.68 bits per heavy atom. The topological polar surface area (TPSA) is 98.8 Å². The summed E-state index contributed by atoms with van der Waals surface area (Å²) in [5.41, 5.74) is 0.190. The molecule has 0 saturated carbocycles. The molecular weight excluding hydrogens is 425 g/mol. The fourth-order valence-corrected chi connectivity index (χ4v) is 3.74. The van der Waals surface area contributed by atoms with Crippen LogP contribution in [0.4, 0.5) is 10.1 Å². The highest BCUT2D eigenvalue weighted by atomic mass is 32.2. The van der Waals surface area contributed by atoms with Crippen LogP contribution in [0, 0.1) is 5.82 Å². The van der Waals surface area contributed by atoms with E-state index in [2.05, 4.69) is 4.72 Å². The molecule has 0 heterocycles.